The molecule has 2 aliphatic heterocycles. The molecule has 0 fully saturated rings. The Hall–Kier alpha value is -4.17. The van der Waals surface area contributed by atoms with Crippen LogP contribution < -0.4 is 11.4 Å². The number of anilines is 1. The Bertz CT molecular complexity index is 2140. The lowest BCUT2D eigenvalue weighted by atomic mass is 9.88. The van der Waals surface area contributed by atoms with Crippen LogP contribution in [0, 0.1) is 11.8 Å². The van der Waals surface area contributed by atoms with E-state index < -0.39 is 107 Å². The van der Waals surface area contributed by atoms with Crippen LogP contribution in [0.25, 0.3) is 0 Å². The number of phosphoric ester groups is 2. The van der Waals surface area contributed by atoms with Gasteiger partial charge < -0.3 is 45.1 Å². The Morgan fingerprint density at radius 2 is 1.54 bits per heavy atom. The summed E-state index contributed by atoms with van der Waals surface area (Å²) in [6.07, 6.45) is 23.9. The zero-order valence-corrected chi connectivity index (χ0v) is 43.3. The fourth-order valence-electron chi connectivity index (χ4n) is 7.46. The molecular formula is C50H77N3O17P2. The number of unbranched alkanes of at least 4 members (excludes halogenated alkanes) is 7. The summed E-state index contributed by atoms with van der Waals surface area (Å²) in [6, 6.07) is 1.27. The second-order valence-corrected chi connectivity index (χ2v) is 20.7. The fraction of sp³-hybridized carbons (Fsp3) is 0.620. The van der Waals surface area contributed by atoms with Crippen LogP contribution in [0.4, 0.5) is 5.82 Å². The molecule has 1 aromatic heterocycles. The summed E-state index contributed by atoms with van der Waals surface area (Å²) in [6.45, 7) is 1.47. The number of ether oxygens (including phenoxy) is 3. The Kier molecular flexibility index (Phi) is 29.6. The molecule has 20 nitrogen and oxygen atoms in total. The maximum atomic E-state index is 13.8. The first-order valence-electron chi connectivity index (χ1n) is 25.0. The lowest BCUT2D eigenvalue weighted by Gasteiger charge is -2.36. The molecule has 2 bridgehead atoms. The largest absolute Gasteiger partial charge is 0.481 e. The maximum Gasteiger partial charge on any atom is 0.481 e. The number of ketones is 1. The van der Waals surface area contributed by atoms with E-state index in [0.717, 1.165) is 42.7 Å². The standard InChI is InChI=1S/C50H77N3O17P2/c1-3-5-7-8-9-10-11-12-13-14-15-16-17-18-24-28-46(57)68-40-35-65-45(56)27-23-20-19-22-25-38-29-32-42(55)41(31-30-39(54)26-21-6-4-2)47(58)48(59)43(37-67-72(63,64)70-71(61,62)66-36-40)69-49(38)53-34-33-44(51)52-50(53)60/h9-10,12-13,15-16,19,22,29-34,38-41,43,47-49,54,58-59H,3-8,11,14,17-18,20-21,23-28,35-37H2,1-2H3,(H,61,62)(H,63,64)(H2,51,52,60)/b10-9-,13-12-,16-15-,22-19-,31-30+,32-29-/t38-,39-,40+,41-,43+,47-,48+,49+/m0/s1. The number of cyclic esters (lactones) is 1. The average Bonchev–Trinajstić information content (AvgIpc) is 3.32. The number of esters is 2. The van der Waals surface area contributed by atoms with E-state index in [2.05, 4.69) is 40.5 Å². The summed E-state index contributed by atoms with van der Waals surface area (Å²) in [5.74, 6) is -4.75. The van der Waals surface area contributed by atoms with Crippen LogP contribution >= 0.6 is 15.6 Å². The van der Waals surface area contributed by atoms with Gasteiger partial charge in [-0.2, -0.15) is 9.29 Å². The number of aliphatic hydroxyl groups excluding tert-OH is 3. The van der Waals surface area contributed by atoms with E-state index >= 15 is 0 Å². The SMILES string of the molecule is CCCCC/C=C\C/C=C\C/C=C\CCCCC(=O)O[C@@H]1COC(=O)CCC/C=C\C[C@H]2/C=C\C(=O)[C@H](/C=C/[C@@H](O)CCCCC)[C@H](O)[C@H](O)[C@@H](COP(=O)(O)OP(=O)(O)OC1)O[C@H]2n1ccc(N)nc1=O. The molecule has 3 rings (SSSR count). The number of phosphoric acid groups is 2. The van der Waals surface area contributed by atoms with Gasteiger partial charge >= 0.3 is 33.3 Å². The monoisotopic (exact) mass is 1050 g/mol. The Morgan fingerprint density at radius 3 is 2.22 bits per heavy atom. The minimum atomic E-state index is -5.69. The van der Waals surface area contributed by atoms with Crippen LogP contribution in [-0.4, -0.2) is 103 Å². The van der Waals surface area contributed by atoms with Gasteiger partial charge in [0.05, 0.1) is 31.3 Å². The maximum absolute atomic E-state index is 13.8. The number of aliphatic hydroxyl groups is 3. The summed E-state index contributed by atoms with van der Waals surface area (Å²) < 4.78 is 59.0. The molecule has 3 heterocycles. The lowest BCUT2D eigenvalue weighted by molar-refractivity contribution is -0.167. The molecule has 0 aromatic carbocycles. The van der Waals surface area contributed by atoms with Crippen molar-refractivity contribution in [2.24, 2.45) is 11.8 Å². The summed E-state index contributed by atoms with van der Waals surface area (Å²) >= 11 is 0. The first-order valence-corrected chi connectivity index (χ1v) is 28.0. The van der Waals surface area contributed by atoms with Crippen molar-refractivity contribution < 1.29 is 76.2 Å². The van der Waals surface area contributed by atoms with Crippen LogP contribution in [-0.2, 0) is 51.1 Å². The van der Waals surface area contributed by atoms with E-state index in [-0.39, 0.29) is 31.5 Å². The van der Waals surface area contributed by atoms with Gasteiger partial charge in [-0.15, -0.1) is 0 Å². The highest BCUT2D eigenvalue weighted by molar-refractivity contribution is 7.61. The van der Waals surface area contributed by atoms with Gasteiger partial charge in [-0.3, -0.25) is 28.0 Å². The van der Waals surface area contributed by atoms with E-state index in [1.165, 1.54) is 49.8 Å². The molecule has 404 valence electrons. The summed E-state index contributed by atoms with van der Waals surface area (Å²) in [7, 11) is -11.3. The van der Waals surface area contributed by atoms with E-state index in [4.69, 9.17) is 29.0 Å². The molecule has 0 saturated heterocycles. The van der Waals surface area contributed by atoms with Gasteiger partial charge in [0.1, 0.15) is 30.9 Å². The first-order chi connectivity index (χ1) is 34.4. The summed E-state index contributed by atoms with van der Waals surface area (Å²) in [4.78, 5) is 77.9. The molecule has 0 amide bonds. The normalized spacial score (nSPS) is 29.3. The average molecular weight is 1050 g/mol. The van der Waals surface area contributed by atoms with Gasteiger partial charge in [0.15, 0.2) is 11.9 Å². The van der Waals surface area contributed by atoms with Crippen molar-refractivity contribution in [2.45, 2.75) is 166 Å². The number of hydrogen-bond acceptors (Lipinski definition) is 17. The quantitative estimate of drug-likeness (QED) is 0.0297. The molecule has 22 heteroatoms. The number of aromatic nitrogens is 2. The number of carbonyl (C=O) groups is 3. The highest BCUT2D eigenvalue weighted by Gasteiger charge is 2.42. The molecule has 7 N–H and O–H groups in total. The number of rotatable bonds is 21. The third-order valence-electron chi connectivity index (χ3n) is 11.5. The van der Waals surface area contributed by atoms with Crippen molar-refractivity contribution in [1.82, 2.24) is 9.55 Å². The molecule has 0 aliphatic carbocycles. The number of nitrogens with two attached hydrogens (primary N) is 1. The minimum absolute atomic E-state index is 0.0426. The Labute approximate surface area is 422 Å². The van der Waals surface area contributed by atoms with Crippen molar-refractivity contribution in [3.8, 4) is 0 Å². The smallest absolute Gasteiger partial charge is 0.462 e. The topological polar surface area (TPSA) is 303 Å². The van der Waals surface area contributed by atoms with Crippen molar-refractivity contribution in [3.05, 3.63) is 95.7 Å². The molecule has 72 heavy (non-hydrogen) atoms. The third kappa shape index (κ3) is 25.2. The molecule has 2 unspecified atom stereocenters. The number of fused-ring (bicyclic) bond motifs is 3. The van der Waals surface area contributed by atoms with Gasteiger partial charge in [0, 0.05) is 25.0 Å². The van der Waals surface area contributed by atoms with Crippen LogP contribution in [0.5, 0.6) is 0 Å². The van der Waals surface area contributed by atoms with E-state index in [1.54, 1.807) is 12.2 Å². The second-order valence-electron chi connectivity index (χ2n) is 17.6. The van der Waals surface area contributed by atoms with E-state index in [0.29, 0.717) is 38.5 Å². The van der Waals surface area contributed by atoms with Gasteiger partial charge in [-0.1, -0.05) is 113 Å². The molecule has 0 saturated carbocycles. The number of carbonyl (C=O) groups excluding carboxylic acids is 3. The Morgan fingerprint density at radius 1 is 0.889 bits per heavy atom. The Balaban J connectivity index is 1.82. The fourth-order valence-corrected chi connectivity index (χ4v) is 9.58. The van der Waals surface area contributed by atoms with Crippen LogP contribution in [0.2, 0.25) is 0 Å². The van der Waals surface area contributed by atoms with Crippen molar-refractivity contribution >= 4 is 39.2 Å². The van der Waals surface area contributed by atoms with Crippen LogP contribution in [0.15, 0.2) is 90.0 Å². The van der Waals surface area contributed by atoms with Crippen molar-refractivity contribution in [1.29, 1.82) is 0 Å². The lowest BCUT2D eigenvalue weighted by Crippen LogP contribution is -2.49. The molecule has 2 aliphatic rings. The van der Waals surface area contributed by atoms with Gasteiger partial charge in [0.2, 0.25) is 0 Å². The molecule has 10 atom stereocenters. The van der Waals surface area contributed by atoms with Crippen LogP contribution in [0.3, 0.4) is 0 Å². The third-order valence-corrected chi connectivity index (χ3v) is 14.1. The van der Waals surface area contributed by atoms with E-state index in [1.807, 2.05) is 19.1 Å². The van der Waals surface area contributed by atoms with Gasteiger partial charge in [-0.25, -0.2) is 13.9 Å². The number of hydrogen-bond donors (Lipinski definition) is 6. The first kappa shape index (κ1) is 62.1. The van der Waals surface area contributed by atoms with Crippen LogP contribution in [0.1, 0.15) is 136 Å². The zero-order chi connectivity index (χ0) is 52.8. The van der Waals surface area contributed by atoms with Gasteiger partial charge in [0.25, 0.3) is 0 Å². The minimum Gasteiger partial charge on any atom is -0.462 e. The highest BCUT2D eigenvalue weighted by Crippen LogP contribution is 2.60. The van der Waals surface area contributed by atoms with Gasteiger partial charge in [-0.05, 0) is 82.8 Å². The molecule has 0 spiro atoms. The summed E-state index contributed by atoms with van der Waals surface area (Å²) in [5, 5.41) is 33.8. The molecular weight excluding hydrogens is 977 g/mol. The number of allylic oxidation sites excluding steroid dienone is 9. The number of nitrogens with zero attached hydrogens (tertiary/aromatic N) is 2. The predicted octanol–water partition coefficient (Wildman–Crippen LogP) is 7.73. The molecule has 0 radical (unpaired) electrons. The van der Waals surface area contributed by atoms with Crippen molar-refractivity contribution in [2.75, 3.05) is 25.6 Å². The number of nitrogen functional groups attached to an aromatic ring is 1. The zero-order valence-electron chi connectivity index (χ0n) is 41.6. The molecule has 1 aromatic rings. The second kappa shape index (κ2) is 34.3. The highest BCUT2D eigenvalue weighted by atomic mass is 31.3. The predicted molar refractivity (Wildman–Crippen MR) is 270 cm³/mol. The van der Waals surface area contributed by atoms with E-state index in [9.17, 15) is 53.4 Å². The van der Waals surface area contributed by atoms with Crippen molar-refractivity contribution in [3.63, 3.8) is 0 Å². The summed E-state index contributed by atoms with van der Waals surface area (Å²) in [5.41, 5.74) is 4.83.